The lowest BCUT2D eigenvalue weighted by atomic mass is 10.3. The molecule has 0 saturated carbocycles. The number of hydrogen-bond donors (Lipinski definition) is 2. The normalized spacial score (nSPS) is 12.8. The summed E-state index contributed by atoms with van der Waals surface area (Å²) in [5, 5.41) is 3.16. The molecule has 0 aliphatic carbocycles. The standard InChI is InChI=1S/C22H26N4O3S2/c1-5-14-26-20-9-7-6-8-19(20)24-22(26)30-16(4)21(27)23-17-10-12-18(13-11-17)31(28,29)25-15(2)3/h5-13,15-16,25H,1,14H2,2-4H3,(H,23,27). The number of aromatic nitrogens is 2. The molecule has 1 unspecified atom stereocenters. The smallest absolute Gasteiger partial charge is 0.240 e. The molecule has 0 radical (unpaired) electrons. The number of hydrogen-bond acceptors (Lipinski definition) is 5. The van der Waals surface area contributed by atoms with Crippen LogP contribution in [0.15, 0.2) is 71.2 Å². The fourth-order valence-electron chi connectivity index (χ4n) is 3.00. The van der Waals surface area contributed by atoms with Crippen LogP contribution in [0.4, 0.5) is 5.69 Å². The lowest BCUT2D eigenvalue weighted by molar-refractivity contribution is -0.115. The molecule has 0 aliphatic rings. The predicted molar refractivity (Wildman–Crippen MR) is 126 cm³/mol. The van der Waals surface area contributed by atoms with Gasteiger partial charge in [-0.2, -0.15) is 0 Å². The van der Waals surface area contributed by atoms with Crippen molar-refractivity contribution in [2.24, 2.45) is 0 Å². The molecular weight excluding hydrogens is 432 g/mol. The molecule has 3 aromatic rings. The molecule has 0 fully saturated rings. The van der Waals surface area contributed by atoms with Gasteiger partial charge in [-0.1, -0.05) is 30.0 Å². The Bertz CT molecular complexity index is 1190. The maximum Gasteiger partial charge on any atom is 0.240 e. The summed E-state index contributed by atoms with van der Waals surface area (Å²) in [5.41, 5.74) is 2.39. The molecule has 9 heteroatoms. The maximum atomic E-state index is 12.7. The number of imidazole rings is 1. The van der Waals surface area contributed by atoms with Crippen molar-refractivity contribution >= 4 is 44.4 Å². The summed E-state index contributed by atoms with van der Waals surface area (Å²) in [7, 11) is -3.57. The summed E-state index contributed by atoms with van der Waals surface area (Å²) in [4.78, 5) is 17.5. The highest BCUT2D eigenvalue weighted by Crippen LogP contribution is 2.28. The second-order valence-corrected chi connectivity index (χ2v) is 10.4. The third-order valence-corrected chi connectivity index (χ3v) is 7.17. The van der Waals surface area contributed by atoms with E-state index in [1.807, 2.05) is 35.8 Å². The fraction of sp³-hybridized carbons (Fsp3) is 0.273. The number of allylic oxidation sites excluding steroid dienone is 1. The minimum absolute atomic E-state index is 0.153. The molecule has 2 N–H and O–H groups in total. The Balaban J connectivity index is 1.71. The average molecular weight is 459 g/mol. The largest absolute Gasteiger partial charge is 0.325 e. The van der Waals surface area contributed by atoms with Crippen LogP contribution in [-0.2, 0) is 21.4 Å². The Morgan fingerprint density at radius 1 is 1.16 bits per heavy atom. The fourth-order valence-corrected chi connectivity index (χ4v) is 5.18. The van der Waals surface area contributed by atoms with Crippen molar-refractivity contribution in [2.45, 2.75) is 48.7 Å². The summed E-state index contributed by atoms with van der Waals surface area (Å²) in [6.07, 6.45) is 1.80. The lowest BCUT2D eigenvalue weighted by Crippen LogP contribution is -2.30. The van der Waals surface area contributed by atoms with Crippen LogP contribution in [0, 0.1) is 0 Å². The van der Waals surface area contributed by atoms with Gasteiger partial charge < -0.3 is 9.88 Å². The SMILES string of the molecule is C=CCn1c(SC(C)C(=O)Nc2ccc(S(=O)(=O)NC(C)C)cc2)nc2ccccc21. The summed E-state index contributed by atoms with van der Waals surface area (Å²) >= 11 is 1.36. The van der Waals surface area contributed by atoms with Crippen molar-refractivity contribution in [1.29, 1.82) is 0 Å². The predicted octanol–water partition coefficient (Wildman–Crippen LogP) is 4.03. The number of para-hydroxylation sites is 2. The molecule has 0 bridgehead atoms. The first kappa shape index (κ1) is 23.1. The van der Waals surface area contributed by atoms with Gasteiger partial charge in [-0.3, -0.25) is 4.79 Å². The highest BCUT2D eigenvalue weighted by molar-refractivity contribution is 8.00. The third kappa shape index (κ3) is 5.55. The van der Waals surface area contributed by atoms with Crippen LogP contribution in [-0.4, -0.2) is 35.2 Å². The second kappa shape index (κ2) is 9.67. The van der Waals surface area contributed by atoms with Gasteiger partial charge in [-0.25, -0.2) is 18.1 Å². The molecule has 31 heavy (non-hydrogen) atoms. The quantitative estimate of drug-likeness (QED) is 0.373. The van der Waals surface area contributed by atoms with Crippen LogP contribution in [0.1, 0.15) is 20.8 Å². The zero-order valence-corrected chi connectivity index (χ0v) is 19.3. The molecule has 0 spiro atoms. The van der Waals surface area contributed by atoms with E-state index >= 15 is 0 Å². The molecule has 0 saturated heterocycles. The second-order valence-electron chi connectivity index (χ2n) is 7.33. The highest BCUT2D eigenvalue weighted by Gasteiger charge is 2.20. The average Bonchev–Trinajstić information content (AvgIpc) is 3.05. The van der Waals surface area contributed by atoms with E-state index in [1.165, 1.54) is 23.9 Å². The Hall–Kier alpha value is -2.62. The minimum Gasteiger partial charge on any atom is -0.325 e. The minimum atomic E-state index is -3.57. The topological polar surface area (TPSA) is 93.1 Å². The van der Waals surface area contributed by atoms with Gasteiger partial charge in [0.1, 0.15) is 0 Å². The Morgan fingerprint density at radius 3 is 2.48 bits per heavy atom. The van der Waals surface area contributed by atoms with E-state index in [0.717, 1.165) is 16.2 Å². The summed E-state index contributed by atoms with van der Waals surface area (Å²) < 4.78 is 29.0. The summed E-state index contributed by atoms with van der Waals surface area (Å²) in [6, 6.07) is 13.7. The van der Waals surface area contributed by atoms with Gasteiger partial charge in [0.05, 0.1) is 21.2 Å². The number of carbonyl (C=O) groups excluding carboxylic acids is 1. The van der Waals surface area contributed by atoms with E-state index in [0.29, 0.717) is 12.2 Å². The Labute approximate surface area is 187 Å². The number of thioether (sulfide) groups is 1. The van der Waals surface area contributed by atoms with E-state index in [4.69, 9.17) is 0 Å². The molecule has 1 heterocycles. The number of carbonyl (C=O) groups is 1. The first-order chi connectivity index (χ1) is 14.7. The monoisotopic (exact) mass is 458 g/mol. The Morgan fingerprint density at radius 2 is 1.84 bits per heavy atom. The number of anilines is 1. The number of sulfonamides is 1. The van der Waals surface area contributed by atoms with Crippen LogP contribution in [0.25, 0.3) is 11.0 Å². The molecule has 3 rings (SSSR count). The van der Waals surface area contributed by atoms with Crippen LogP contribution >= 0.6 is 11.8 Å². The lowest BCUT2D eigenvalue weighted by Gasteiger charge is -2.13. The zero-order chi connectivity index (χ0) is 22.6. The number of amides is 1. The van der Waals surface area contributed by atoms with Crippen LogP contribution in [0.2, 0.25) is 0 Å². The zero-order valence-electron chi connectivity index (χ0n) is 17.7. The van der Waals surface area contributed by atoms with Gasteiger partial charge >= 0.3 is 0 Å². The van der Waals surface area contributed by atoms with Crippen molar-refractivity contribution in [3.8, 4) is 0 Å². The van der Waals surface area contributed by atoms with Gasteiger partial charge in [-0.05, 0) is 57.2 Å². The summed E-state index contributed by atoms with van der Waals surface area (Å²) in [5.74, 6) is -0.196. The molecule has 1 atom stereocenters. The molecule has 2 aromatic carbocycles. The van der Waals surface area contributed by atoms with Crippen LogP contribution < -0.4 is 10.0 Å². The molecule has 164 valence electrons. The Kier molecular flexibility index (Phi) is 7.19. The first-order valence-electron chi connectivity index (χ1n) is 9.87. The van der Waals surface area contributed by atoms with E-state index in [1.54, 1.807) is 32.1 Å². The van der Waals surface area contributed by atoms with Crippen LogP contribution in [0.5, 0.6) is 0 Å². The number of fused-ring (bicyclic) bond motifs is 1. The van der Waals surface area contributed by atoms with Gasteiger partial charge in [0.25, 0.3) is 0 Å². The van der Waals surface area contributed by atoms with Crippen LogP contribution in [0.3, 0.4) is 0 Å². The van der Waals surface area contributed by atoms with Gasteiger partial charge in [0.15, 0.2) is 5.16 Å². The highest BCUT2D eigenvalue weighted by atomic mass is 32.2. The van der Waals surface area contributed by atoms with E-state index in [9.17, 15) is 13.2 Å². The number of nitrogens with one attached hydrogen (secondary N) is 2. The number of rotatable bonds is 9. The van der Waals surface area contributed by atoms with Gasteiger partial charge in [-0.15, -0.1) is 6.58 Å². The van der Waals surface area contributed by atoms with E-state index in [-0.39, 0.29) is 16.8 Å². The molecular formula is C22H26N4O3S2. The summed E-state index contributed by atoms with van der Waals surface area (Å²) in [6.45, 7) is 9.73. The van der Waals surface area contributed by atoms with E-state index in [2.05, 4.69) is 21.6 Å². The molecule has 7 nitrogen and oxygen atoms in total. The molecule has 1 aromatic heterocycles. The number of nitrogens with zero attached hydrogens (tertiary/aromatic N) is 2. The third-order valence-electron chi connectivity index (χ3n) is 4.41. The van der Waals surface area contributed by atoms with Crippen molar-refractivity contribution < 1.29 is 13.2 Å². The van der Waals surface area contributed by atoms with Crippen molar-refractivity contribution in [3.63, 3.8) is 0 Å². The molecule has 1 amide bonds. The van der Waals surface area contributed by atoms with E-state index < -0.39 is 15.3 Å². The maximum absolute atomic E-state index is 12.7. The van der Waals surface area contributed by atoms with Gasteiger partial charge in [0, 0.05) is 18.3 Å². The number of benzene rings is 2. The van der Waals surface area contributed by atoms with Crippen molar-refractivity contribution in [3.05, 3.63) is 61.2 Å². The molecule has 0 aliphatic heterocycles. The van der Waals surface area contributed by atoms with Gasteiger partial charge in [0.2, 0.25) is 15.9 Å². The van der Waals surface area contributed by atoms with Crippen molar-refractivity contribution in [2.75, 3.05) is 5.32 Å². The van der Waals surface area contributed by atoms with Crippen molar-refractivity contribution in [1.82, 2.24) is 14.3 Å². The first-order valence-corrected chi connectivity index (χ1v) is 12.2.